The zero-order valence-electron chi connectivity index (χ0n) is 16.3. The molecule has 1 aliphatic heterocycles. The lowest BCUT2D eigenvalue weighted by molar-refractivity contribution is -0.149. The van der Waals surface area contributed by atoms with Crippen molar-refractivity contribution >= 4 is 35.9 Å². The first-order chi connectivity index (χ1) is 13.2. The maximum absolute atomic E-state index is 12.0. The monoisotopic (exact) mass is 498 g/mol. The van der Waals surface area contributed by atoms with E-state index in [1.807, 2.05) is 43.3 Å². The van der Waals surface area contributed by atoms with Gasteiger partial charge in [-0.25, -0.2) is 0 Å². The molecule has 1 unspecified atom stereocenters. The van der Waals surface area contributed by atoms with Crippen molar-refractivity contribution in [1.82, 2.24) is 15.4 Å². The number of likely N-dealkylation sites (tertiary alicyclic amines) is 1. The quantitative estimate of drug-likeness (QED) is 0.295. The van der Waals surface area contributed by atoms with Gasteiger partial charge in [0.25, 0.3) is 0 Å². The van der Waals surface area contributed by atoms with Crippen molar-refractivity contribution < 1.29 is 14.1 Å². The number of hydrogen-bond donors (Lipinski definition) is 1. The fraction of sp³-hybridized carbons (Fsp3) is 0.450. The van der Waals surface area contributed by atoms with Gasteiger partial charge in [-0.1, -0.05) is 35.5 Å². The molecule has 1 aromatic heterocycles. The van der Waals surface area contributed by atoms with Gasteiger partial charge in [0.15, 0.2) is 11.7 Å². The summed E-state index contributed by atoms with van der Waals surface area (Å²) in [6.07, 6.45) is 1.79. The highest BCUT2D eigenvalue weighted by atomic mass is 127. The van der Waals surface area contributed by atoms with Gasteiger partial charge >= 0.3 is 5.97 Å². The largest absolute Gasteiger partial charge is 0.466 e. The summed E-state index contributed by atoms with van der Waals surface area (Å²) < 4.78 is 10.6. The first-order valence-electron chi connectivity index (χ1n) is 9.34. The number of benzene rings is 1. The number of esters is 1. The lowest BCUT2D eigenvalue weighted by Crippen LogP contribution is -2.48. The molecular formula is C20H27IN4O3. The maximum atomic E-state index is 12.0. The number of aromatic nitrogens is 1. The number of guanidine groups is 1. The van der Waals surface area contributed by atoms with Crippen LogP contribution >= 0.6 is 24.0 Å². The first kappa shape index (κ1) is 22.2. The van der Waals surface area contributed by atoms with Crippen LogP contribution in [0, 0.1) is 5.92 Å². The molecule has 1 atom stereocenters. The number of nitrogens with zero attached hydrogens (tertiary/aromatic N) is 3. The average Bonchev–Trinajstić information content (AvgIpc) is 3.19. The fourth-order valence-electron chi connectivity index (χ4n) is 3.26. The highest BCUT2D eigenvalue weighted by Gasteiger charge is 2.28. The Morgan fingerprint density at radius 1 is 1.39 bits per heavy atom. The van der Waals surface area contributed by atoms with E-state index < -0.39 is 0 Å². The molecule has 1 aromatic carbocycles. The third-order valence-electron chi connectivity index (χ3n) is 4.60. The number of hydrogen-bond acceptors (Lipinski definition) is 5. The molecule has 0 saturated carbocycles. The number of carbonyl (C=O) groups excluding carboxylic acids is 1. The van der Waals surface area contributed by atoms with E-state index in [9.17, 15) is 4.79 Å². The molecule has 1 aliphatic rings. The highest BCUT2D eigenvalue weighted by molar-refractivity contribution is 14.0. The Hall–Kier alpha value is -2.10. The van der Waals surface area contributed by atoms with E-state index >= 15 is 0 Å². The van der Waals surface area contributed by atoms with Crippen molar-refractivity contribution in [3.05, 3.63) is 42.1 Å². The first-order valence-corrected chi connectivity index (χ1v) is 9.34. The van der Waals surface area contributed by atoms with Gasteiger partial charge in [0, 0.05) is 31.8 Å². The van der Waals surface area contributed by atoms with Gasteiger partial charge < -0.3 is 19.5 Å². The van der Waals surface area contributed by atoms with Crippen molar-refractivity contribution in [3.63, 3.8) is 0 Å². The zero-order chi connectivity index (χ0) is 19.1. The van der Waals surface area contributed by atoms with E-state index in [1.165, 1.54) is 0 Å². The SMILES string of the molecule is CCOC(=O)C1CCCN(C(=NC)NCc2cc(-c3ccccc3)on2)C1.I. The second-order valence-corrected chi connectivity index (χ2v) is 6.49. The summed E-state index contributed by atoms with van der Waals surface area (Å²) in [5.74, 6) is 1.27. The van der Waals surface area contributed by atoms with Crippen LogP contribution in [0.4, 0.5) is 0 Å². The van der Waals surface area contributed by atoms with Crippen molar-refractivity contribution in [3.8, 4) is 11.3 Å². The lowest BCUT2D eigenvalue weighted by Gasteiger charge is -2.33. The van der Waals surface area contributed by atoms with Gasteiger partial charge in [-0.3, -0.25) is 9.79 Å². The second-order valence-electron chi connectivity index (χ2n) is 6.49. The molecule has 1 N–H and O–H groups in total. The molecule has 7 nitrogen and oxygen atoms in total. The van der Waals surface area contributed by atoms with Gasteiger partial charge in [-0.15, -0.1) is 24.0 Å². The van der Waals surface area contributed by atoms with Crippen molar-refractivity contribution in [2.24, 2.45) is 10.9 Å². The van der Waals surface area contributed by atoms with Crippen LogP contribution in [0.1, 0.15) is 25.5 Å². The number of rotatable bonds is 5. The topological polar surface area (TPSA) is 80.0 Å². The normalized spacial score (nSPS) is 17.0. The third kappa shape index (κ3) is 5.70. The van der Waals surface area contributed by atoms with Crippen LogP contribution in [-0.2, 0) is 16.1 Å². The lowest BCUT2D eigenvalue weighted by atomic mass is 9.98. The van der Waals surface area contributed by atoms with Gasteiger partial charge in [0.1, 0.15) is 5.69 Å². The Bertz CT molecular complexity index is 779. The molecule has 3 rings (SSSR count). The Balaban J connectivity index is 0.00000280. The smallest absolute Gasteiger partial charge is 0.310 e. The molecule has 0 radical (unpaired) electrons. The van der Waals surface area contributed by atoms with Crippen molar-refractivity contribution in [1.29, 1.82) is 0 Å². The van der Waals surface area contributed by atoms with Crippen LogP contribution in [0.3, 0.4) is 0 Å². The Kier molecular flexibility index (Phi) is 8.75. The molecule has 28 heavy (non-hydrogen) atoms. The number of ether oxygens (including phenoxy) is 1. The predicted molar refractivity (Wildman–Crippen MR) is 118 cm³/mol. The van der Waals surface area contributed by atoms with Crippen LogP contribution in [0.15, 0.2) is 45.9 Å². The summed E-state index contributed by atoms with van der Waals surface area (Å²) >= 11 is 0. The number of nitrogens with one attached hydrogen (secondary N) is 1. The van der Waals surface area contributed by atoms with E-state index in [4.69, 9.17) is 9.26 Å². The molecule has 2 heterocycles. The van der Waals surface area contributed by atoms with E-state index in [1.54, 1.807) is 7.05 Å². The summed E-state index contributed by atoms with van der Waals surface area (Å²) in [6.45, 7) is 4.23. The van der Waals surface area contributed by atoms with Gasteiger partial charge in [0.2, 0.25) is 0 Å². The Morgan fingerprint density at radius 2 is 2.18 bits per heavy atom. The molecule has 0 bridgehead atoms. The maximum Gasteiger partial charge on any atom is 0.310 e. The van der Waals surface area contributed by atoms with Gasteiger partial charge in [-0.05, 0) is 19.8 Å². The summed E-state index contributed by atoms with van der Waals surface area (Å²) in [6, 6.07) is 11.8. The molecule has 1 fully saturated rings. The number of aliphatic imine (C=N–C) groups is 1. The van der Waals surface area contributed by atoms with E-state index in [0.29, 0.717) is 19.7 Å². The molecule has 0 aliphatic carbocycles. The minimum atomic E-state index is -0.123. The van der Waals surface area contributed by atoms with E-state index in [2.05, 4.69) is 20.4 Å². The van der Waals surface area contributed by atoms with E-state index in [-0.39, 0.29) is 35.9 Å². The van der Waals surface area contributed by atoms with Crippen LogP contribution in [0.5, 0.6) is 0 Å². The van der Waals surface area contributed by atoms with Gasteiger partial charge in [0.05, 0.1) is 19.1 Å². The summed E-state index contributed by atoms with van der Waals surface area (Å²) in [5, 5.41) is 7.44. The van der Waals surface area contributed by atoms with Crippen molar-refractivity contribution in [2.45, 2.75) is 26.3 Å². The minimum absolute atomic E-state index is 0. The van der Waals surface area contributed by atoms with Crippen LogP contribution < -0.4 is 5.32 Å². The Labute approximate surface area is 182 Å². The summed E-state index contributed by atoms with van der Waals surface area (Å²) in [5.41, 5.74) is 1.79. The number of piperidine rings is 1. The number of carbonyl (C=O) groups is 1. The molecule has 0 amide bonds. The molecule has 2 aromatic rings. The Morgan fingerprint density at radius 3 is 2.89 bits per heavy atom. The molecule has 0 spiro atoms. The van der Waals surface area contributed by atoms with Crippen LogP contribution in [-0.4, -0.2) is 48.7 Å². The van der Waals surface area contributed by atoms with Crippen molar-refractivity contribution in [2.75, 3.05) is 26.7 Å². The highest BCUT2D eigenvalue weighted by Crippen LogP contribution is 2.20. The molecule has 152 valence electrons. The molecule has 1 saturated heterocycles. The van der Waals surface area contributed by atoms with Crippen LogP contribution in [0.2, 0.25) is 0 Å². The van der Waals surface area contributed by atoms with Crippen LogP contribution in [0.25, 0.3) is 11.3 Å². The zero-order valence-corrected chi connectivity index (χ0v) is 18.6. The third-order valence-corrected chi connectivity index (χ3v) is 4.60. The molecular weight excluding hydrogens is 471 g/mol. The predicted octanol–water partition coefficient (Wildman–Crippen LogP) is 3.31. The average molecular weight is 498 g/mol. The fourth-order valence-corrected chi connectivity index (χ4v) is 3.26. The summed E-state index contributed by atoms with van der Waals surface area (Å²) in [4.78, 5) is 18.5. The molecule has 8 heteroatoms. The minimum Gasteiger partial charge on any atom is -0.466 e. The summed E-state index contributed by atoms with van der Waals surface area (Å²) in [7, 11) is 1.74. The van der Waals surface area contributed by atoms with Gasteiger partial charge in [-0.2, -0.15) is 0 Å². The van der Waals surface area contributed by atoms with E-state index in [0.717, 1.165) is 42.4 Å². The standard InChI is InChI=1S/C20H26N4O3.HI/c1-3-26-19(25)16-10-7-11-24(14-16)20(21-2)22-13-17-12-18(27-23-17)15-8-5-4-6-9-15;/h4-6,8-9,12,16H,3,7,10-11,13-14H2,1-2H3,(H,21,22);1H. The number of halogens is 1. The second kappa shape index (κ2) is 11.0.